The van der Waals surface area contributed by atoms with Crippen molar-refractivity contribution in [1.82, 2.24) is 10.0 Å². The van der Waals surface area contributed by atoms with Crippen LogP contribution in [0.15, 0.2) is 23.1 Å². The molecular formula is C14H20N2O4S. The summed E-state index contributed by atoms with van der Waals surface area (Å²) in [5.74, 6) is 0.388. The summed E-state index contributed by atoms with van der Waals surface area (Å²) in [5, 5.41) is 2.66. The highest BCUT2D eigenvalue weighted by molar-refractivity contribution is 7.89. The van der Waals surface area contributed by atoms with Crippen LogP contribution >= 0.6 is 0 Å². The first-order valence-electron chi connectivity index (χ1n) is 6.97. The van der Waals surface area contributed by atoms with Crippen molar-refractivity contribution in [2.75, 3.05) is 13.2 Å². The Bertz CT molecular complexity index is 628. The minimum Gasteiger partial charge on any atom is -0.494 e. The van der Waals surface area contributed by atoms with Crippen LogP contribution in [0, 0.1) is 6.92 Å². The van der Waals surface area contributed by atoms with E-state index in [4.69, 9.17) is 4.74 Å². The van der Waals surface area contributed by atoms with Crippen LogP contribution in [0.5, 0.6) is 5.75 Å². The number of amides is 1. The predicted molar refractivity (Wildman–Crippen MR) is 78.7 cm³/mol. The first kappa shape index (κ1) is 15.8. The van der Waals surface area contributed by atoms with Crippen molar-refractivity contribution in [3.8, 4) is 5.75 Å². The minimum atomic E-state index is -3.71. The lowest BCUT2D eigenvalue weighted by atomic mass is 10.1. The van der Waals surface area contributed by atoms with Crippen LogP contribution in [-0.4, -0.2) is 33.5 Å². The van der Waals surface area contributed by atoms with Gasteiger partial charge in [-0.1, -0.05) is 0 Å². The Morgan fingerprint density at radius 2 is 2.19 bits per heavy atom. The number of carbonyl (C=O) groups is 1. The third-order valence-electron chi connectivity index (χ3n) is 3.34. The van der Waals surface area contributed by atoms with Crippen molar-refractivity contribution in [2.24, 2.45) is 0 Å². The molecule has 1 amide bonds. The first-order valence-corrected chi connectivity index (χ1v) is 8.46. The number of carbonyl (C=O) groups excluding carboxylic acids is 1. The van der Waals surface area contributed by atoms with Gasteiger partial charge in [-0.15, -0.1) is 0 Å². The number of aryl methyl sites for hydroxylation is 1. The summed E-state index contributed by atoms with van der Waals surface area (Å²) in [4.78, 5) is 11.8. The quantitative estimate of drug-likeness (QED) is 0.848. The molecule has 1 aliphatic rings. The molecule has 1 heterocycles. The average Bonchev–Trinajstić information content (AvgIpc) is 2.43. The second-order valence-electron chi connectivity index (χ2n) is 4.97. The predicted octanol–water partition coefficient (Wildman–Crippen LogP) is 0.951. The van der Waals surface area contributed by atoms with Gasteiger partial charge in [0.05, 0.1) is 11.5 Å². The lowest BCUT2D eigenvalue weighted by Crippen LogP contribution is -2.50. The Morgan fingerprint density at radius 3 is 2.81 bits per heavy atom. The fraction of sp³-hybridized carbons (Fsp3) is 0.500. The number of piperidine rings is 1. The molecule has 1 aromatic rings. The summed E-state index contributed by atoms with van der Waals surface area (Å²) in [7, 11) is -3.71. The SMILES string of the molecule is CCOc1ccc(S(=O)(=O)N[C@@H]2CCCNC2=O)cc1C. The lowest BCUT2D eigenvalue weighted by Gasteiger charge is -2.22. The molecule has 1 atom stereocenters. The van der Waals surface area contributed by atoms with Gasteiger partial charge in [-0.25, -0.2) is 8.42 Å². The van der Waals surface area contributed by atoms with E-state index in [1.165, 1.54) is 6.07 Å². The minimum absolute atomic E-state index is 0.141. The van der Waals surface area contributed by atoms with Gasteiger partial charge in [0.25, 0.3) is 0 Å². The van der Waals surface area contributed by atoms with Crippen LogP contribution in [-0.2, 0) is 14.8 Å². The number of benzene rings is 1. The van der Waals surface area contributed by atoms with Crippen molar-refractivity contribution in [2.45, 2.75) is 37.6 Å². The van der Waals surface area contributed by atoms with Gasteiger partial charge in [-0.05, 0) is 50.5 Å². The van der Waals surface area contributed by atoms with Gasteiger partial charge < -0.3 is 10.1 Å². The van der Waals surface area contributed by atoms with Crippen molar-refractivity contribution in [3.05, 3.63) is 23.8 Å². The number of rotatable bonds is 5. The second kappa shape index (κ2) is 6.44. The molecule has 6 nitrogen and oxygen atoms in total. The number of hydrogen-bond acceptors (Lipinski definition) is 4. The maximum atomic E-state index is 12.3. The van der Waals surface area contributed by atoms with Gasteiger partial charge in [0.1, 0.15) is 11.8 Å². The van der Waals surface area contributed by atoms with Crippen LogP contribution in [0.3, 0.4) is 0 Å². The van der Waals surface area contributed by atoms with E-state index in [1.807, 2.05) is 6.92 Å². The lowest BCUT2D eigenvalue weighted by molar-refractivity contribution is -0.124. The Morgan fingerprint density at radius 1 is 1.43 bits per heavy atom. The van der Waals surface area contributed by atoms with Crippen LogP contribution in [0.1, 0.15) is 25.3 Å². The monoisotopic (exact) mass is 312 g/mol. The van der Waals surface area contributed by atoms with E-state index in [2.05, 4.69) is 10.0 Å². The van der Waals surface area contributed by atoms with Crippen molar-refractivity contribution < 1.29 is 17.9 Å². The van der Waals surface area contributed by atoms with Crippen molar-refractivity contribution in [3.63, 3.8) is 0 Å². The fourth-order valence-corrected chi connectivity index (χ4v) is 3.56. The zero-order valence-electron chi connectivity index (χ0n) is 12.2. The standard InChI is InChI=1S/C14H20N2O4S/c1-3-20-13-7-6-11(9-10(13)2)21(18,19)16-12-5-4-8-15-14(12)17/h6-7,9,12,16H,3-5,8H2,1-2H3,(H,15,17)/t12-/m1/s1. The maximum absolute atomic E-state index is 12.3. The molecule has 0 spiro atoms. The normalized spacial score (nSPS) is 19.1. The van der Waals surface area contributed by atoms with Gasteiger partial charge in [0.2, 0.25) is 15.9 Å². The van der Waals surface area contributed by atoms with Crippen LogP contribution in [0.2, 0.25) is 0 Å². The summed E-state index contributed by atoms with van der Waals surface area (Å²) < 4.78 is 32.5. The number of ether oxygens (including phenoxy) is 1. The largest absolute Gasteiger partial charge is 0.494 e. The maximum Gasteiger partial charge on any atom is 0.241 e. The molecule has 0 aliphatic carbocycles. The Labute approximate surface area is 124 Å². The number of nitrogens with one attached hydrogen (secondary N) is 2. The van der Waals surface area contributed by atoms with Crippen molar-refractivity contribution in [1.29, 1.82) is 0 Å². The molecule has 1 fully saturated rings. The van der Waals surface area contributed by atoms with E-state index in [-0.39, 0.29) is 10.8 Å². The Kier molecular flexibility index (Phi) is 4.84. The molecule has 0 radical (unpaired) electrons. The molecule has 1 saturated heterocycles. The highest BCUT2D eigenvalue weighted by Gasteiger charge is 2.27. The molecule has 2 N–H and O–H groups in total. The van der Waals surface area contributed by atoms with Gasteiger partial charge in [-0.2, -0.15) is 4.72 Å². The third-order valence-corrected chi connectivity index (χ3v) is 4.81. The van der Waals surface area contributed by atoms with Gasteiger partial charge in [-0.3, -0.25) is 4.79 Å². The fourth-order valence-electron chi connectivity index (χ4n) is 2.25. The molecule has 21 heavy (non-hydrogen) atoms. The number of sulfonamides is 1. The molecule has 0 bridgehead atoms. The molecule has 116 valence electrons. The van der Waals surface area contributed by atoms with E-state index in [0.717, 1.165) is 12.0 Å². The average molecular weight is 312 g/mol. The second-order valence-corrected chi connectivity index (χ2v) is 6.68. The summed E-state index contributed by atoms with van der Waals surface area (Å²) in [6.45, 7) is 4.78. The van der Waals surface area contributed by atoms with Crippen LogP contribution in [0.4, 0.5) is 0 Å². The van der Waals surface area contributed by atoms with Gasteiger partial charge in [0, 0.05) is 6.54 Å². The zero-order chi connectivity index (χ0) is 15.5. The summed E-state index contributed by atoms with van der Waals surface area (Å²) in [6, 6.07) is 3.97. The smallest absolute Gasteiger partial charge is 0.241 e. The first-order chi connectivity index (χ1) is 9.94. The highest BCUT2D eigenvalue weighted by Crippen LogP contribution is 2.22. The van der Waals surface area contributed by atoms with Crippen LogP contribution < -0.4 is 14.8 Å². The number of hydrogen-bond donors (Lipinski definition) is 2. The Balaban J connectivity index is 2.19. The van der Waals surface area contributed by atoms with E-state index >= 15 is 0 Å². The zero-order valence-corrected chi connectivity index (χ0v) is 13.0. The Hall–Kier alpha value is -1.60. The van der Waals surface area contributed by atoms with Gasteiger partial charge in [0.15, 0.2) is 0 Å². The molecular weight excluding hydrogens is 292 g/mol. The molecule has 1 aliphatic heterocycles. The molecule has 1 aromatic carbocycles. The molecule has 0 unspecified atom stereocenters. The third kappa shape index (κ3) is 3.74. The van der Waals surface area contributed by atoms with E-state index in [0.29, 0.717) is 25.3 Å². The van der Waals surface area contributed by atoms with Crippen LogP contribution in [0.25, 0.3) is 0 Å². The van der Waals surface area contributed by atoms with E-state index in [9.17, 15) is 13.2 Å². The van der Waals surface area contributed by atoms with E-state index < -0.39 is 16.1 Å². The molecule has 2 rings (SSSR count). The van der Waals surface area contributed by atoms with E-state index in [1.54, 1.807) is 19.1 Å². The highest BCUT2D eigenvalue weighted by atomic mass is 32.2. The summed E-state index contributed by atoms with van der Waals surface area (Å²) >= 11 is 0. The molecule has 0 saturated carbocycles. The summed E-state index contributed by atoms with van der Waals surface area (Å²) in [5.41, 5.74) is 0.743. The van der Waals surface area contributed by atoms with Gasteiger partial charge >= 0.3 is 0 Å². The van der Waals surface area contributed by atoms with Crippen molar-refractivity contribution >= 4 is 15.9 Å². The molecule has 7 heteroatoms. The molecule has 0 aromatic heterocycles. The topological polar surface area (TPSA) is 84.5 Å². The summed E-state index contributed by atoms with van der Waals surface area (Å²) in [6.07, 6.45) is 1.28.